The lowest BCUT2D eigenvalue weighted by molar-refractivity contribution is -0.131. The van der Waals surface area contributed by atoms with Crippen LogP contribution in [-0.4, -0.2) is 38.9 Å². The van der Waals surface area contributed by atoms with Crippen LogP contribution in [0.5, 0.6) is 5.75 Å². The van der Waals surface area contributed by atoms with E-state index in [2.05, 4.69) is 10.3 Å². The zero-order valence-corrected chi connectivity index (χ0v) is 21.9. The lowest BCUT2D eigenvalue weighted by atomic mass is 9.99. The Labute approximate surface area is 228 Å². The molecule has 0 aliphatic carbocycles. The SMILES string of the molecule is CC(=O)Oc1ccc(NC(=O)CC2SC(N3N=C(c4ccccc4)CC3c3ccc(Cl)cc3)=NC2=O)cc1. The third kappa shape index (κ3) is 5.95. The van der Waals surface area contributed by atoms with E-state index in [4.69, 9.17) is 21.4 Å². The molecule has 0 saturated carbocycles. The van der Waals surface area contributed by atoms with Gasteiger partial charge in [0.05, 0.1) is 11.8 Å². The van der Waals surface area contributed by atoms with Crippen LogP contribution in [0.25, 0.3) is 0 Å². The molecule has 38 heavy (non-hydrogen) atoms. The molecule has 2 aliphatic rings. The van der Waals surface area contributed by atoms with Crippen molar-refractivity contribution >= 4 is 57.7 Å². The van der Waals surface area contributed by atoms with Crippen molar-refractivity contribution in [2.45, 2.75) is 31.1 Å². The molecule has 2 heterocycles. The van der Waals surface area contributed by atoms with E-state index >= 15 is 0 Å². The molecule has 0 aromatic heterocycles. The van der Waals surface area contributed by atoms with Crippen molar-refractivity contribution in [1.29, 1.82) is 0 Å². The van der Waals surface area contributed by atoms with Crippen molar-refractivity contribution in [2.75, 3.05) is 5.32 Å². The number of anilines is 1. The molecule has 10 heteroatoms. The summed E-state index contributed by atoms with van der Waals surface area (Å²) in [6.07, 6.45) is 0.588. The number of nitrogens with zero attached hydrogens (tertiary/aromatic N) is 3. The topological polar surface area (TPSA) is 100 Å². The van der Waals surface area contributed by atoms with E-state index in [1.165, 1.54) is 18.7 Å². The van der Waals surface area contributed by atoms with Crippen LogP contribution in [0.3, 0.4) is 0 Å². The van der Waals surface area contributed by atoms with Gasteiger partial charge in [0, 0.05) is 30.5 Å². The number of halogens is 1. The first kappa shape index (κ1) is 25.7. The van der Waals surface area contributed by atoms with Gasteiger partial charge in [-0.1, -0.05) is 65.8 Å². The monoisotopic (exact) mass is 546 g/mol. The molecule has 5 rings (SSSR count). The van der Waals surface area contributed by atoms with Crippen molar-refractivity contribution < 1.29 is 19.1 Å². The number of aliphatic imine (C=N–C) groups is 1. The highest BCUT2D eigenvalue weighted by molar-refractivity contribution is 8.15. The van der Waals surface area contributed by atoms with Crippen molar-refractivity contribution in [3.63, 3.8) is 0 Å². The lowest BCUT2D eigenvalue weighted by Crippen LogP contribution is -2.25. The first-order valence-corrected chi connectivity index (χ1v) is 13.2. The highest BCUT2D eigenvalue weighted by Gasteiger charge is 2.39. The maximum absolute atomic E-state index is 12.8. The summed E-state index contributed by atoms with van der Waals surface area (Å²) in [6.45, 7) is 1.32. The van der Waals surface area contributed by atoms with E-state index in [0.717, 1.165) is 16.8 Å². The molecule has 3 aromatic carbocycles. The first-order chi connectivity index (χ1) is 18.4. The van der Waals surface area contributed by atoms with Crippen LogP contribution in [-0.2, 0) is 14.4 Å². The van der Waals surface area contributed by atoms with Gasteiger partial charge in [0.25, 0.3) is 5.91 Å². The fraction of sp³-hybridized carbons (Fsp3) is 0.179. The Kier molecular flexibility index (Phi) is 7.57. The molecule has 2 amide bonds. The van der Waals surface area contributed by atoms with Crippen molar-refractivity contribution in [1.82, 2.24) is 5.01 Å². The van der Waals surface area contributed by atoms with Crippen LogP contribution >= 0.6 is 23.4 Å². The number of hydrazone groups is 1. The van der Waals surface area contributed by atoms with Gasteiger partial charge in [-0.15, -0.1) is 0 Å². The van der Waals surface area contributed by atoms with Crippen molar-refractivity contribution in [3.05, 3.63) is 95.0 Å². The molecule has 1 N–H and O–H groups in total. The summed E-state index contributed by atoms with van der Waals surface area (Å²) >= 11 is 7.34. The highest BCUT2D eigenvalue weighted by Crippen LogP contribution is 2.39. The van der Waals surface area contributed by atoms with E-state index in [0.29, 0.717) is 28.0 Å². The maximum atomic E-state index is 12.8. The molecule has 192 valence electrons. The Morgan fingerprint density at radius 1 is 1.05 bits per heavy atom. The molecular formula is C28H23ClN4O4S. The van der Waals surface area contributed by atoms with Gasteiger partial charge in [-0.2, -0.15) is 10.1 Å². The zero-order chi connectivity index (χ0) is 26.6. The normalized spacial score (nSPS) is 18.7. The number of rotatable bonds is 6. The van der Waals surface area contributed by atoms with Crippen molar-refractivity contribution in [2.24, 2.45) is 10.1 Å². The zero-order valence-electron chi connectivity index (χ0n) is 20.3. The Balaban J connectivity index is 1.29. The number of ether oxygens (including phenoxy) is 1. The maximum Gasteiger partial charge on any atom is 0.308 e. The third-order valence-corrected chi connectivity index (χ3v) is 7.36. The fourth-order valence-corrected chi connectivity index (χ4v) is 5.38. The summed E-state index contributed by atoms with van der Waals surface area (Å²) in [7, 11) is 0. The van der Waals surface area contributed by atoms with Gasteiger partial charge in [-0.3, -0.25) is 14.4 Å². The third-order valence-electron chi connectivity index (χ3n) is 5.97. The minimum Gasteiger partial charge on any atom is -0.427 e. The molecule has 0 radical (unpaired) electrons. The number of esters is 1. The largest absolute Gasteiger partial charge is 0.427 e. The Hall–Kier alpha value is -3.95. The van der Waals surface area contributed by atoms with Gasteiger partial charge >= 0.3 is 5.97 Å². The summed E-state index contributed by atoms with van der Waals surface area (Å²) in [5.41, 5.74) is 3.42. The number of nitrogens with one attached hydrogen (secondary N) is 1. The highest BCUT2D eigenvalue weighted by atomic mass is 35.5. The van der Waals surface area contributed by atoms with Gasteiger partial charge in [-0.05, 0) is 47.5 Å². The van der Waals surface area contributed by atoms with Crippen LogP contribution in [0, 0.1) is 0 Å². The minimum absolute atomic E-state index is 0.0447. The number of amidine groups is 1. The summed E-state index contributed by atoms with van der Waals surface area (Å²) < 4.78 is 5.00. The molecule has 2 atom stereocenters. The average Bonchev–Trinajstić information content (AvgIpc) is 3.50. The Bertz CT molecular complexity index is 1430. The van der Waals surface area contributed by atoms with Gasteiger partial charge < -0.3 is 10.1 Å². The van der Waals surface area contributed by atoms with Crippen LogP contribution < -0.4 is 10.1 Å². The molecule has 8 nitrogen and oxygen atoms in total. The molecule has 2 aliphatic heterocycles. The molecule has 0 spiro atoms. The summed E-state index contributed by atoms with van der Waals surface area (Å²) in [5.74, 6) is -0.738. The van der Waals surface area contributed by atoms with E-state index in [1.54, 1.807) is 29.3 Å². The summed E-state index contributed by atoms with van der Waals surface area (Å²) in [4.78, 5) is 40.8. The number of hydrogen-bond acceptors (Lipinski definition) is 7. The number of carbonyl (C=O) groups is 3. The number of benzene rings is 3. The molecule has 2 unspecified atom stereocenters. The number of hydrogen-bond donors (Lipinski definition) is 1. The minimum atomic E-state index is -0.660. The number of amides is 2. The smallest absolute Gasteiger partial charge is 0.308 e. The quantitative estimate of drug-likeness (QED) is 0.326. The molecule has 0 fully saturated rings. The van der Waals surface area contributed by atoms with Crippen molar-refractivity contribution in [3.8, 4) is 5.75 Å². The second-order valence-corrected chi connectivity index (χ2v) is 10.3. The van der Waals surface area contributed by atoms with E-state index in [1.807, 2.05) is 54.6 Å². The predicted molar refractivity (Wildman–Crippen MR) is 148 cm³/mol. The van der Waals surface area contributed by atoms with Crippen LogP contribution in [0.4, 0.5) is 5.69 Å². The molecule has 0 saturated heterocycles. The van der Waals surface area contributed by atoms with Gasteiger partial charge in [0.15, 0.2) is 5.17 Å². The second-order valence-electron chi connectivity index (χ2n) is 8.74. The molecular weight excluding hydrogens is 524 g/mol. The number of thioether (sulfide) groups is 1. The molecule has 0 bridgehead atoms. The van der Waals surface area contributed by atoms with E-state index < -0.39 is 11.2 Å². The second kappa shape index (κ2) is 11.2. The van der Waals surface area contributed by atoms with Gasteiger partial charge in [0.1, 0.15) is 11.0 Å². The van der Waals surface area contributed by atoms with E-state index in [9.17, 15) is 14.4 Å². The fourth-order valence-electron chi connectivity index (χ4n) is 4.19. The van der Waals surface area contributed by atoms with Crippen LogP contribution in [0.15, 0.2) is 89.0 Å². The van der Waals surface area contributed by atoms with Crippen LogP contribution in [0.1, 0.15) is 36.9 Å². The van der Waals surface area contributed by atoms with E-state index in [-0.39, 0.29) is 24.3 Å². The predicted octanol–water partition coefficient (Wildman–Crippen LogP) is 5.44. The first-order valence-electron chi connectivity index (χ1n) is 11.9. The Morgan fingerprint density at radius 2 is 1.76 bits per heavy atom. The number of carbonyl (C=O) groups excluding carboxylic acids is 3. The summed E-state index contributed by atoms with van der Waals surface area (Å²) in [6, 6.07) is 23.7. The van der Waals surface area contributed by atoms with Gasteiger partial charge in [-0.25, -0.2) is 5.01 Å². The summed E-state index contributed by atoms with van der Waals surface area (Å²) in [5, 5.41) is 9.83. The standard InChI is InChI=1S/C28H23ClN4O4S/c1-17(34)37-22-13-11-21(12-14-22)30-26(35)16-25-27(36)31-28(38-25)33-24(19-7-9-20(29)10-8-19)15-23(32-33)18-5-3-2-4-6-18/h2-14,24-25H,15-16H2,1H3,(H,30,35). The van der Waals surface area contributed by atoms with Crippen LogP contribution in [0.2, 0.25) is 5.02 Å². The average molecular weight is 547 g/mol. The molecule has 3 aromatic rings. The lowest BCUT2D eigenvalue weighted by Gasteiger charge is -2.23. The van der Waals surface area contributed by atoms with Gasteiger partial charge in [0.2, 0.25) is 5.91 Å². The Morgan fingerprint density at radius 3 is 2.45 bits per heavy atom.